The highest BCUT2D eigenvalue weighted by Gasteiger charge is 2.33. The van der Waals surface area contributed by atoms with Gasteiger partial charge in [-0.25, -0.2) is 4.79 Å². The van der Waals surface area contributed by atoms with Crippen molar-refractivity contribution in [3.8, 4) is 5.75 Å². The molecule has 3 rings (SSSR count). The van der Waals surface area contributed by atoms with Crippen molar-refractivity contribution in [2.45, 2.75) is 33.4 Å². The number of ether oxygens (including phenoxy) is 1. The molecule has 0 amide bonds. The molecule has 3 N–H and O–H groups in total. The van der Waals surface area contributed by atoms with E-state index in [-0.39, 0.29) is 28.5 Å². The van der Waals surface area contributed by atoms with Crippen molar-refractivity contribution in [3.63, 3.8) is 0 Å². The van der Waals surface area contributed by atoms with Crippen LogP contribution in [0.1, 0.15) is 48.4 Å². The van der Waals surface area contributed by atoms with Gasteiger partial charge in [-0.3, -0.25) is 9.79 Å². The van der Waals surface area contributed by atoms with Gasteiger partial charge in [-0.1, -0.05) is 32.9 Å². The zero-order chi connectivity index (χ0) is 21.5. The number of aliphatic imine (C=N–C) groups is 1. The summed E-state index contributed by atoms with van der Waals surface area (Å²) in [4.78, 5) is 28.4. The van der Waals surface area contributed by atoms with Crippen LogP contribution in [-0.4, -0.2) is 34.5 Å². The Labute approximate surface area is 165 Å². The van der Waals surface area contributed by atoms with Crippen LogP contribution in [0.25, 0.3) is 0 Å². The SMILES string of the molecule is CC(C)(C)C1CN=C(c2cccc(OC(F)F)c2N)c2cc(=O)c(C(=O)O)cn21. The zero-order valence-corrected chi connectivity index (χ0v) is 16.1. The molecule has 9 heteroatoms. The average Bonchev–Trinajstić information content (AvgIpc) is 2.60. The summed E-state index contributed by atoms with van der Waals surface area (Å²) in [7, 11) is 0. The Balaban J connectivity index is 2.23. The van der Waals surface area contributed by atoms with Crippen LogP contribution < -0.4 is 15.9 Å². The van der Waals surface area contributed by atoms with Crippen molar-refractivity contribution in [2.24, 2.45) is 10.4 Å². The van der Waals surface area contributed by atoms with Gasteiger partial charge in [0, 0.05) is 17.8 Å². The van der Waals surface area contributed by atoms with Gasteiger partial charge in [0.1, 0.15) is 11.3 Å². The third-order valence-corrected chi connectivity index (χ3v) is 4.85. The summed E-state index contributed by atoms with van der Waals surface area (Å²) in [5, 5.41) is 9.35. The van der Waals surface area contributed by atoms with E-state index in [1.54, 1.807) is 10.6 Å². The number of benzene rings is 1. The summed E-state index contributed by atoms with van der Waals surface area (Å²) in [6, 6.07) is 5.37. The van der Waals surface area contributed by atoms with Gasteiger partial charge in [0.2, 0.25) is 0 Å². The van der Waals surface area contributed by atoms with Gasteiger partial charge in [0.05, 0.1) is 29.7 Å². The number of rotatable bonds is 4. The molecule has 1 aromatic heterocycles. The number of hydrogen-bond donors (Lipinski definition) is 2. The number of anilines is 1. The predicted molar refractivity (Wildman–Crippen MR) is 104 cm³/mol. The minimum atomic E-state index is -3.04. The Kier molecular flexibility index (Phi) is 5.16. The molecule has 29 heavy (non-hydrogen) atoms. The maximum absolute atomic E-state index is 12.7. The highest BCUT2D eigenvalue weighted by atomic mass is 19.3. The molecular formula is C20H21F2N3O4. The van der Waals surface area contributed by atoms with Crippen LogP contribution in [0.15, 0.2) is 40.2 Å². The van der Waals surface area contributed by atoms with E-state index in [0.717, 1.165) is 0 Å². The summed E-state index contributed by atoms with van der Waals surface area (Å²) in [5.41, 5.74) is 5.68. The molecule has 0 aliphatic carbocycles. The number of carbonyl (C=O) groups is 1. The summed E-state index contributed by atoms with van der Waals surface area (Å²) >= 11 is 0. The number of nitrogens with two attached hydrogens (primary N) is 1. The maximum atomic E-state index is 12.7. The van der Waals surface area contributed by atoms with Crippen LogP contribution in [-0.2, 0) is 0 Å². The highest BCUT2D eigenvalue weighted by molar-refractivity contribution is 6.15. The van der Waals surface area contributed by atoms with Crippen LogP contribution in [0, 0.1) is 5.41 Å². The van der Waals surface area contributed by atoms with E-state index in [2.05, 4.69) is 9.73 Å². The predicted octanol–water partition coefficient (Wildman–Crippen LogP) is 3.17. The van der Waals surface area contributed by atoms with Gasteiger partial charge in [-0.2, -0.15) is 8.78 Å². The van der Waals surface area contributed by atoms with E-state index < -0.39 is 18.0 Å². The van der Waals surface area contributed by atoms with Crippen LogP contribution in [0.3, 0.4) is 0 Å². The lowest BCUT2D eigenvalue weighted by molar-refractivity contribution is -0.0493. The number of nitrogens with zero attached hydrogens (tertiary/aromatic N) is 2. The van der Waals surface area contributed by atoms with Gasteiger partial charge in [-0.05, 0) is 11.5 Å². The smallest absolute Gasteiger partial charge is 0.387 e. The largest absolute Gasteiger partial charge is 0.477 e. The molecule has 0 radical (unpaired) electrons. The number of carboxylic acids is 1. The average molecular weight is 405 g/mol. The van der Waals surface area contributed by atoms with E-state index in [9.17, 15) is 23.5 Å². The van der Waals surface area contributed by atoms with Crippen LogP contribution in [0.2, 0.25) is 0 Å². The number of alkyl halides is 2. The summed E-state index contributed by atoms with van der Waals surface area (Å²) in [6.45, 7) is 3.19. The molecule has 1 aliphatic heterocycles. The highest BCUT2D eigenvalue weighted by Crippen LogP contribution is 2.36. The summed E-state index contributed by atoms with van der Waals surface area (Å²) in [6.07, 6.45) is 1.31. The van der Waals surface area contributed by atoms with Crippen LogP contribution >= 0.6 is 0 Å². The fourth-order valence-corrected chi connectivity index (χ4v) is 3.37. The molecule has 2 heterocycles. The van der Waals surface area contributed by atoms with Crippen molar-refractivity contribution in [3.05, 3.63) is 57.5 Å². The Morgan fingerprint density at radius 3 is 2.66 bits per heavy atom. The molecule has 0 spiro atoms. The van der Waals surface area contributed by atoms with Gasteiger partial charge < -0.3 is 20.1 Å². The van der Waals surface area contributed by atoms with Crippen molar-refractivity contribution < 1.29 is 23.4 Å². The number of aromatic carboxylic acids is 1. The first-order valence-electron chi connectivity index (χ1n) is 8.88. The molecule has 0 saturated heterocycles. The van der Waals surface area contributed by atoms with E-state index in [4.69, 9.17) is 5.73 Å². The Bertz CT molecular complexity index is 1050. The van der Waals surface area contributed by atoms with Gasteiger partial charge in [0.15, 0.2) is 5.43 Å². The van der Waals surface area contributed by atoms with Crippen molar-refractivity contribution in [1.29, 1.82) is 0 Å². The number of carboxylic acid groups (broad SMARTS) is 1. The Hall–Kier alpha value is -3.23. The molecule has 1 aromatic carbocycles. The van der Waals surface area contributed by atoms with E-state index in [0.29, 0.717) is 23.5 Å². The fraction of sp³-hybridized carbons (Fsp3) is 0.350. The fourth-order valence-electron chi connectivity index (χ4n) is 3.37. The van der Waals surface area contributed by atoms with Crippen molar-refractivity contribution >= 4 is 17.4 Å². The Morgan fingerprint density at radius 1 is 1.38 bits per heavy atom. The maximum Gasteiger partial charge on any atom is 0.387 e. The van der Waals surface area contributed by atoms with Crippen molar-refractivity contribution in [2.75, 3.05) is 12.3 Å². The second-order valence-corrected chi connectivity index (χ2v) is 7.82. The lowest BCUT2D eigenvalue weighted by atomic mass is 9.84. The first-order valence-corrected chi connectivity index (χ1v) is 8.88. The minimum absolute atomic E-state index is 0.0398. The molecule has 154 valence electrons. The summed E-state index contributed by atoms with van der Waals surface area (Å²) < 4.78 is 31.5. The third-order valence-electron chi connectivity index (χ3n) is 4.85. The second kappa shape index (κ2) is 7.31. The molecule has 0 fully saturated rings. The topological polar surface area (TPSA) is 107 Å². The summed E-state index contributed by atoms with van der Waals surface area (Å²) in [5.74, 6) is -1.52. The van der Waals surface area contributed by atoms with Crippen LogP contribution in [0.4, 0.5) is 14.5 Å². The molecule has 1 atom stereocenters. The molecule has 0 bridgehead atoms. The number of aromatic nitrogens is 1. The molecule has 1 unspecified atom stereocenters. The van der Waals surface area contributed by atoms with E-state index in [1.165, 1.54) is 24.4 Å². The van der Waals surface area contributed by atoms with Gasteiger partial charge in [-0.15, -0.1) is 0 Å². The first-order chi connectivity index (χ1) is 13.5. The van der Waals surface area contributed by atoms with Crippen LogP contribution in [0.5, 0.6) is 5.75 Å². The third kappa shape index (κ3) is 3.85. The molecule has 1 aliphatic rings. The number of fused-ring (bicyclic) bond motifs is 1. The first kappa shape index (κ1) is 20.5. The van der Waals surface area contributed by atoms with Gasteiger partial charge in [0.25, 0.3) is 0 Å². The second-order valence-electron chi connectivity index (χ2n) is 7.82. The number of para-hydroxylation sites is 1. The normalized spacial score (nSPS) is 16.3. The van der Waals surface area contributed by atoms with E-state index in [1.807, 2.05) is 20.8 Å². The van der Waals surface area contributed by atoms with E-state index >= 15 is 0 Å². The molecule has 2 aromatic rings. The molecular weight excluding hydrogens is 384 g/mol. The number of hydrogen-bond acceptors (Lipinski definition) is 5. The lowest BCUT2D eigenvalue weighted by Gasteiger charge is -2.37. The molecule has 0 saturated carbocycles. The quantitative estimate of drug-likeness (QED) is 0.760. The minimum Gasteiger partial charge on any atom is -0.477 e. The van der Waals surface area contributed by atoms with Crippen molar-refractivity contribution in [1.82, 2.24) is 4.57 Å². The zero-order valence-electron chi connectivity index (χ0n) is 16.1. The standard InChI is InChI=1S/C20H21F2N3O4/c1-20(2,3)15-8-24-17(10-5-4-6-14(16(10)23)29-19(21)22)12-7-13(26)11(18(27)28)9-25(12)15/h4-7,9,15,19H,8,23H2,1-3H3,(H,27,28). The lowest BCUT2D eigenvalue weighted by Crippen LogP contribution is -2.36. The monoisotopic (exact) mass is 405 g/mol. The number of nitrogen functional groups attached to an aromatic ring is 1. The molecule has 7 nitrogen and oxygen atoms in total. The Morgan fingerprint density at radius 2 is 2.07 bits per heavy atom. The van der Waals surface area contributed by atoms with Gasteiger partial charge >= 0.3 is 12.6 Å². The number of halogens is 2. The number of pyridine rings is 1.